The number of hydrogen-bond acceptors (Lipinski definition) is 0. The van der Waals surface area contributed by atoms with Crippen LogP contribution < -0.4 is 0 Å². The molecule has 1 rings (SSSR count). The van der Waals surface area contributed by atoms with Gasteiger partial charge in [0.25, 0.3) is 0 Å². The third-order valence-corrected chi connectivity index (χ3v) is 8.02. The van der Waals surface area contributed by atoms with E-state index in [9.17, 15) is 0 Å². The summed E-state index contributed by atoms with van der Waals surface area (Å²) in [5, 5.41) is 0. The molecule has 0 atom stereocenters. The molecular weight excluding hydrogens is 253 g/mol. The Kier molecular flexibility index (Phi) is 4.91. The van der Waals surface area contributed by atoms with Gasteiger partial charge in [-0.2, -0.15) is 0 Å². The van der Waals surface area contributed by atoms with Crippen LogP contribution in [0.2, 0.25) is 0 Å². The minimum absolute atomic E-state index is 0.492. The van der Waals surface area contributed by atoms with Crippen LogP contribution in [0.1, 0.15) is 66.7 Å². The van der Waals surface area contributed by atoms with Gasteiger partial charge in [-0.1, -0.05) is 0 Å². The molecule has 1 aliphatic carbocycles. The summed E-state index contributed by atoms with van der Waals surface area (Å²) in [7, 11) is 0. The first kappa shape index (κ1) is 14.1. The van der Waals surface area contributed by atoms with Gasteiger partial charge in [-0.05, 0) is 0 Å². The minimum atomic E-state index is 0.492. The molecule has 16 heavy (non-hydrogen) atoms. The van der Waals surface area contributed by atoms with E-state index in [0.29, 0.717) is 5.41 Å². The quantitative estimate of drug-likeness (QED) is 0.669. The molecule has 0 radical (unpaired) electrons. The van der Waals surface area contributed by atoms with Gasteiger partial charge in [-0.25, -0.2) is 0 Å². The molecule has 0 saturated heterocycles. The van der Waals surface area contributed by atoms with E-state index in [-0.39, 0.29) is 0 Å². The van der Waals surface area contributed by atoms with Crippen LogP contribution in [0.3, 0.4) is 0 Å². The summed E-state index contributed by atoms with van der Waals surface area (Å²) in [6.45, 7) is 11.8. The molecular formula is C15H28Ge. The molecule has 0 amide bonds. The first-order valence-electron chi connectivity index (χ1n) is 7.05. The van der Waals surface area contributed by atoms with Crippen LogP contribution in [0.15, 0.2) is 21.1 Å². The van der Waals surface area contributed by atoms with E-state index in [1.165, 1.54) is 32.1 Å². The van der Waals surface area contributed by atoms with Gasteiger partial charge in [0.2, 0.25) is 0 Å². The van der Waals surface area contributed by atoms with Gasteiger partial charge in [-0.3, -0.25) is 0 Å². The van der Waals surface area contributed by atoms with Gasteiger partial charge in [0, 0.05) is 0 Å². The zero-order chi connectivity index (χ0) is 12.3. The molecule has 0 aromatic rings. The van der Waals surface area contributed by atoms with Crippen LogP contribution in [-0.2, 0) is 0 Å². The van der Waals surface area contributed by atoms with E-state index in [4.69, 9.17) is 0 Å². The molecule has 0 aromatic carbocycles. The predicted octanol–water partition coefficient (Wildman–Crippen LogP) is 3.95. The molecule has 0 saturated carbocycles. The Morgan fingerprint density at radius 1 is 0.812 bits per heavy atom. The molecule has 0 heterocycles. The Bertz CT molecular complexity index is 316. The average Bonchev–Trinajstić information content (AvgIpc) is 2.56. The number of hydrogen-bond donors (Lipinski definition) is 0. The molecule has 92 valence electrons. The molecule has 1 aliphatic rings. The standard InChI is InChI=1S/C15H28Ge/c1-6-11-12(7-2)14(16)15(9-4,10-5)13(11)8-3/h6-10H2,1-5,16H3. The SMILES string of the molecule is CCC1=[C]([GeH3])C(CC)(CC)C(CC)=C1CC. The van der Waals surface area contributed by atoms with Crippen molar-refractivity contribution in [3.63, 3.8) is 0 Å². The Morgan fingerprint density at radius 3 is 1.62 bits per heavy atom. The summed E-state index contributed by atoms with van der Waals surface area (Å²) in [4.78, 5) is 0. The third kappa shape index (κ3) is 1.83. The Morgan fingerprint density at radius 2 is 1.31 bits per heavy atom. The second kappa shape index (κ2) is 5.57. The van der Waals surface area contributed by atoms with Crippen LogP contribution in [0.25, 0.3) is 0 Å². The predicted molar refractivity (Wildman–Crippen MR) is 77.9 cm³/mol. The van der Waals surface area contributed by atoms with E-state index >= 15 is 0 Å². The van der Waals surface area contributed by atoms with E-state index < -0.39 is 0 Å². The Balaban J connectivity index is 3.39. The third-order valence-electron chi connectivity index (χ3n) is 4.74. The Hall–Kier alpha value is 0.0229. The molecule has 0 spiro atoms. The van der Waals surface area contributed by atoms with Gasteiger partial charge < -0.3 is 0 Å². The molecule has 0 aliphatic heterocycles. The van der Waals surface area contributed by atoms with Crippen molar-refractivity contribution in [2.45, 2.75) is 66.7 Å². The zero-order valence-electron chi connectivity index (χ0n) is 12.0. The van der Waals surface area contributed by atoms with Crippen LogP contribution >= 0.6 is 0 Å². The molecule has 0 N–H and O–H groups in total. The summed E-state index contributed by atoms with van der Waals surface area (Å²) < 4.78 is 1.86. The van der Waals surface area contributed by atoms with E-state index in [1.54, 1.807) is 16.7 Å². The first-order valence-corrected chi connectivity index (χ1v) is 9.15. The molecule has 1 heteroatoms. The van der Waals surface area contributed by atoms with Crippen LogP contribution in [0.4, 0.5) is 0 Å². The van der Waals surface area contributed by atoms with Gasteiger partial charge >= 0.3 is 110 Å². The van der Waals surface area contributed by atoms with Crippen molar-refractivity contribution in [2.24, 2.45) is 5.41 Å². The van der Waals surface area contributed by atoms with Crippen molar-refractivity contribution < 1.29 is 0 Å². The van der Waals surface area contributed by atoms with Crippen molar-refractivity contribution in [2.75, 3.05) is 0 Å². The fourth-order valence-corrected chi connectivity index (χ4v) is 7.37. The van der Waals surface area contributed by atoms with Crippen molar-refractivity contribution in [1.82, 2.24) is 0 Å². The maximum absolute atomic E-state index is 2.39. The molecule has 0 nitrogen and oxygen atoms in total. The summed E-state index contributed by atoms with van der Waals surface area (Å²) in [5.74, 6) is 0. The fourth-order valence-electron chi connectivity index (χ4n) is 3.88. The molecule has 0 aromatic heterocycles. The second-order valence-electron chi connectivity index (χ2n) is 4.91. The monoisotopic (exact) mass is 282 g/mol. The van der Waals surface area contributed by atoms with Crippen molar-refractivity contribution in [3.8, 4) is 0 Å². The van der Waals surface area contributed by atoms with Crippen molar-refractivity contribution in [1.29, 1.82) is 0 Å². The summed E-state index contributed by atoms with van der Waals surface area (Å²) >= 11 is 0.849. The number of rotatable bonds is 5. The summed E-state index contributed by atoms with van der Waals surface area (Å²) in [5.41, 5.74) is 5.77. The van der Waals surface area contributed by atoms with Gasteiger partial charge in [-0.15, -0.1) is 0 Å². The molecule has 0 fully saturated rings. The summed E-state index contributed by atoms with van der Waals surface area (Å²) in [6, 6.07) is 0. The van der Waals surface area contributed by atoms with Gasteiger partial charge in [0.15, 0.2) is 0 Å². The normalized spacial score (nSPS) is 20.1. The van der Waals surface area contributed by atoms with Gasteiger partial charge in [0.05, 0.1) is 0 Å². The van der Waals surface area contributed by atoms with Crippen LogP contribution in [0.5, 0.6) is 0 Å². The van der Waals surface area contributed by atoms with Crippen molar-refractivity contribution in [3.05, 3.63) is 21.1 Å². The zero-order valence-corrected chi connectivity index (χ0v) is 16.2. The van der Waals surface area contributed by atoms with E-state index in [1.807, 2.05) is 4.41 Å². The number of allylic oxidation sites excluding steroid dienone is 4. The second-order valence-corrected chi connectivity index (χ2v) is 7.01. The van der Waals surface area contributed by atoms with Crippen LogP contribution in [-0.4, -0.2) is 16.5 Å². The average molecular weight is 281 g/mol. The summed E-state index contributed by atoms with van der Waals surface area (Å²) in [6.07, 6.45) is 6.39. The maximum atomic E-state index is 2.39. The van der Waals surface area contributed by atoms with E-state index in [2.05, 4.69) is 34.6 Å². The molecule has 0 unspecified atom stereocenters. The van der Waals surface area contributed by atoms with Gasteiger partial charge in [0.1, 0.15) is 0 Å². The van der Waals surface area contributed by atoms with Crippen LogP contribution in [0, 0.1) is 5.41 Å². The van der Waals surface area contributed by atoms with E-state index in [0.717, 1.165) is 16.5 Å². The topological polar surface area (TPSA) is 0 Å². The molecule has 0 bridgehead atoms. The Labute approximate surface area is 110 Å². The fraction of sp³-hybridized carbons (Fsp3) is 0.733. The first-order chi connectivity index (χ1) is 7.62. The van der Waals surface area contributed by atoms with Crippen molar-refractivity contribution >= 4 is 16.5 Å².